The number of hydrogen-bond donors (Lipinski definition) is 2. The molecular weight excluding hydrogens is 298 g/mol. The maximum absolute atomic E-state index is 12.2. The summed E-state index contributed by atoms with van der Waals surface area (Å²) in [4.78, 5) is 22.4. The number of aliphatic hydroxyl groups excluding tert-OH is 1. The molecule has 1 unspecified atom stereocenters. The van der Waals surface area contributed by atoms with Crippen LogP contribution in [0.1, 0.15) is 28.4 Å². The van der Waals surface area contributed by atoms with Crippen LogP contribution in [0.25, 0.3) is 0 Å². The van der Waals surface area contributed by atoms with Gasteiger partial charge in [-0.05, 0) is 17.7 Å². The number of aliphatic carboxylic acids is 1. The van der Waals surface area contributed by atoms with Crippen LogP contribution >= 0.6 is 11.6 Å². The van der Waals surface area contributed by atoms with Gasteiger partial charge in [0.05, 0.1) is 5.56 Å². The molecule has 20 heavy (non-hydrogen) atoms. The van der Waals surface area contributed by atoms with Crippen LogP contribution < -0.4 is 4.74 Å². The van der Waals surface area contributed by atoms with Gasteiger partial charge in [0.1, 0.15) is 5.75 Å². The Morgan fingerprint density at radius 2 is 2.00 bits per heavy atom. The van der Waals surface area contributed by atoms with Crippen LogP contribution in [0.3, 0.4) is 0 Å². The summed E-state index contributed by atoms with van der Waals surface area (Å²) in [6, 6.07) is 3.11. The predicted molar refractivity (Wildman–Crippen MR) is 65.3 cm³/mol. The molecule has 1 aromatic carbocycles. The van der Waals surface area contributed by atoms with Gasteiger partial charge >= 0.3 is 12.6 Å². The van der Waals surface area contributed by atoms with E-state index < -0.39 is 30.2 Å². The van der Waals surface area contributed by atoms with E-state index in [2.05, 4.69) is 4.74 Å². The summed E-state index contributed by atoms with van der Waals surface area (Å²) in [7, 11) is 0. The molecule has 0 amide bonds. The molecule has 2 N–H and O–H groups in total. The third kappa shape index (κ3) is 4.14. The molecule has 0 saturated heterocycles. The van der Waals surface area contributed by atoms with E-state index in [0.717, 1.165) is 18.2 Å². The number of rotatable bonds is 7. The average molecular weight is 309 g/mol. The minimum absolute atomic E-state index is 0.0291. The first-order valence-electron chi connectivity index (χ1n) is 5.45. The molecule has 0 aliphatic rings. The molecule has 1 rings (SSSR count). The number of Topliss-reactive ketones (excluding diaryl/α,β-unsaturated/α-hetero) is 1. The van der Waals surface area contributed by atoms with Crippen LogP contribution in [0.2, 0.25) is 0 Å². The molecule has 0 spiro atoms. The maximum Gasteiger partial charge on any atom is 0.387 e. The molecule has 0 radical (unpaired) electrons. The standard InChI is InChI=1S/C12H11ClF2O5/c13-4-3-8(16)7-5-6(10(17)11(18)19)1-2-9(7)20-12(14)15/h1-2,5,10,12,17H,3-4H2,(H,18,19). The SMILES string of the molecule is O=C(CCCl)c1cc(C(O)C(=O)O)ccc1OC(F)F. The number of carbonyl (C=O) groups is 2. The number of hydrogen-bond acceptors (Lipinski definition) is 4. The fourth-order valence-corrected chi connectivity index (χ4v) is 1.67. The average Bonchev–Trinajstić information content (AvgIpc) is 2.37. The molecule has 0 aliphatic carbocycles. The number of alkyl halides is 3. The van der Waals surface area contributed by atoms with E-state index >= 15 is 0 Å². The summed E-state index contributed by atoms with van der Waals surface area (Å²) in [6.07, 6.45) is -1.99. The van der Waals surface area contributed by atoms with Gasteiger partial charge in [-0.3, -0.25) is 4.79 Å². The Labute approximate surface area is 117 Å². The number of aliphatic hydroxyl groups is 1. The van der Waals surface area contributed by atoms with Crippen LogP contribution in [-0.2, 0) is 4.79 Å². The van der Waals surface area contributed by atoms with Gasteiger partial charge in [-0.1, -0.05) is 6.07 Å². The third-order valence-electron chi connectivity index (χ3n) is 2.39. The number of ketones is 1. The molecule has 0 aliphatic heterocycles. The van der Waals surface area contributed by atoms with Crippen molar-refractivity contribution < 1.29 is 33.3 Å². The lowest BCUT2D eigenvalue weighted by Gasteiger charge is -2.13. The Bertz CT molecular complexity index is 507. The molecule has 0 saturated carbocycles. The van der Waals surface area contributed by atoms with Crippen LogP contribution in [-0.4, -0.2) is 34.5 Å². The van der Waals surface area contributed by atoms with E-state index in [1.807, 2.05) is 0 Å². The van der Waals surface area contributed by atoms with Crippen LogP contribution in [0.4, 0.5) is 8.78 Å². The molecular formula is C12H11ClF2O5. The van der Waals surface area contributed by atoms with Gasteiger partial charge in [0.25, 0.3) is 0 Å². The van der Waals surface area contributed by atoms with Gasteiger partial charge in [0, 0.05) is 12.3 Å². The normalized spacial score (nSPS) is 12.2. The molecule has 8 heteroatoms. The van der Waals surface area contributed by atoms with Gasteiger partial charge in [0.15, 0.2) is 11.9 Å². The number of benzene rings is 1. The van der Waals surface area contributed by atoms with Crippen molar-refractivity contribution in [3.05, 3.63) is 29.3 Å². The Hall–Kier alpha value is -1.73. The van der Waals surface area contributed by atoms with Crippen molar-refractivity contribution in [1.82, 2.24) is 0 Å². The van der Waals surface area contributed by atoms with E-state index in [9.17, 15) is 23.5 Å². The number of ether oxygens (including phenoxy) is 1. The molecule has 0 bridgehead atoms. The fraction of sp³-hybridized carbons (Fsp3) is 0.333. The van der Waals surface area contributed by atoms with Crippen molar-refractivity contribution in [3.63, 3.8) is 0 Å². The van der Waals surface area contributed by atoms with Gasteiger partial charge in [-0.25, -0.2) is 4.79 Å². The van der Waals surface area contributed by atoms with Gasteiger partial charge < -0.3 is 14.9 Å². The first kappa shape index (κ1) is 16.3. The summed E-state index contributed by atoms with van der Waals surface area (Å²) >= 11 is 5.40. The molecule has 1 aromatic rings. The zero-order valence-corrected chi connectivity index (χ0v) is 10.8. The summed E-state index contributed by atoms with van der Waals surface area (Å²) in [6.45, 7) is -3.13. The largest absolute Gasteiger partial charge is 0.479 e. The van der Waals surface area contributed by atoms with Crippen molar-refractivity contribution in [2.75, 3.05) is 5.88 Å². The lowest BCUT2D eigenvalue weighted by molar-refractivity contribution is -0.147. The smallest absolute Gasteiger partial charge is 0.387 e. The summed E-state index contributed by atoms with van der Waals surface area (Å²) in [5.74, 6) is -2.53. The minimum Gasteiger partial charge on any atom is -0.479 e. The highest BCUT2D eigenvalue weighted by molar-refractivity contribution is 6.19. The van der Waals surface area contributed by atoms with E-state index in [0.29, 0.717) is 0 Å². The summed E-state index contributed by atoms with van der Waals surface area (Å²) < 4.78 is 28.6. The lowest BCUT2D eigenvalue weighted by atomic mass is 10.0. The third-order valence-corrected chi connectivity index (χ3v) is 2.58. The highest BCUT2D eigenvalue weighted by Crippen LogP contribution is 2.26. The van der Waals surface area contributed by atoms with E-state index in [1.54, 1.807) is 0 Å². The quantitative estimate of drug-likeness (QED) is 0.596. The molecule has 0 aromatic heterocycles. The van der Waals surface area contributed by atoms with E-state index in [4.69, 9.17) is 16.7 Å². The highest BCUT2D eigenvalue weighted by atomic mass is 35.5. The highest BCUT2D eigenvalue weighted by Gasteiger charge is 2.21. The van der Waals surface area contributed by atoms with Gasteiger partial charge in [-0.15, -0.1) is 11.6 Å². The number of halogens is 3. The molecule has 0 heterocycles. The van der Waals surface area contributed by atoms with Crippen molar-refractivity contribution in [1.29, 1.82) is 0 Å². The first-order chi connectivity index (χ1) is 9.36. The van der Waals surface area contributed by atoms with Crippen LogP contribution in [0.5, 0.6) is 5.75 Å². The van der Waals surface area contributed by atoms with Crippen molar-refractivity contribution in [2.45, 2.75) is 19.1 Å². The predicted octanol–water partition coefficient (Wildman–Crippen LogP) is 2.22. The van der Waals surface area contributed by atoms with Gasteiger partial charge in [-0.2, -0.15) is 8.78 Å². The summed E-state index contributed by atoms with van der Waals surface area (Å²) in [5, 5.41) is 18.1. The second kappa shape index (κ2) is 7.16. The molecule has 5 nitrogen and oxygen atoms in total. The molecule has 110 valence electrons. The van der Waals surface area contributed by atoms with Gasteiger partial charge in [0.2, 0.25) is 0 Å². The summed E-state index contributed by atoms with van der Waals surface area (Å²) in [5.41, 5.74) is -0.360. The van der Waals surface area contributed by atoms with Crippen LogP contribution in [0, 0.1) is 0 Å². The Balaban J connectivity index is 3.20. The van der Waals surface area contributed by atoms with Crippen molar-refractivity contribution >= 4 is 23.4 Å². The topological polar surface area (TPSA) is 83.8 Å². The molecule has 1 atom stereocenters. The lowest BCUT2D eigenvalue weighted by Crippen LogP contribution is -2.13. The number of carboxylic acid groups (broad SMARTS) is 1. The second-order valence-electron chi connectivity index (χ2n) is 3.74. The second-order valence-corrected chi connectivity index (χ2v) is 4.11. The van der Waals surface area contributed by atoms with Crippen molar-refractivity contribution in [2.24, 2.45) is 0 Å². The molecule has 0 fully saturated rings. The monoisotopic (exact) mass is 308 g/mol. The number of carbonyl (C=O) groups excluding carboxylic acids is 1. The van der Waals surface area contributed by atoms with E-state index in [-0.39, 0.29) is 23.4 Å². The zero-order valence-electron chi connectivity index (χ0n) is 10.1. The fourth-order valence-electron chi connectivity index (χ4n) is 1.50. The number of carboxylic acids is 1. The van der Waals surface area contributed by atoms with Crippen molar-refractivity contribution in [3.8, 4) is 5.75 Å². The Morgan fingerprint density at radius 3 is 2.50 bits per heavy atom. The minimum atomic E-state index is -3.13. The maximum atomic E-state index is 12.2. The van der Waals surface area contributed by atoms with E-state index in [1.165, 1.54) is 0 Å². The van der Waals surface area contributed by atoms with Crippen LogP contribution in [0.15, 0.2) is 18.2 Å². The zero-order chi connectivity index (χ0) is 15.3. The Kier molecular flexibility index (Phi) is 5.84. The Morgan fingerprint density at radius 1 is 1.35 bits per heavy atom. The first-order valence-corrected chi connectivity index (χ1v) is 5.99.